The Morgan fingerprint density at radius 1 is 1.05 bits per heavy atom. The lowest BCUT2D eigenvalue weighted by atomic mass is 10.2. The van der Waals surface area contributed by atoms with Crippen LogP contribution in [0.15, 0.2) is 42.5 Å². The van der Waals surface area contributed by atoms with Crippen LogP contribution in [0, 0.1) is 0 Å². The number of carboxylic acid groups (broad SMARTS) is 1. The highest BCUT2D eigenvalue weighted by atomic mass is 35.5. The van der Waals surface area contributed by atoms with Gasteiger partial charge >= 0.3 is 5.97 Å². The topological polar surface area (TPSA) is 55.8 Å². The number of carboxylic acids is 1. The fourth-order valence-corrected chi connectivity index (χ4v) is 2.05. The van der Waals surface area contributed by atoms with E-state index in [0.717, 1.165) is 0 Å². The maximum Gasteiger partial charge on any atom is 0.339 e. The summed E-state index contributed by atoms with van der Waals surface area (Å²) < 4.78 is 10.6. The Kier molecular flexibility index (Phi) is 4.71. The second kappa shape index (κ2) is 6.50. The van der Waals surface area contributed by atoms with Gasteiger partial charge < -0.3 is 14.6 Å². The predicted molar refractivity (Wildman–Crippen MR) is 76.0 cm³/mol. The molecule has 2 aromatic rings. The maximum atomic E-state index is 11.0. The Hall–Kier alpha value is -1.91. The van der Waals surface area contributed by atoms with Gasteiger partial charge in [-0.15, -0.1) is 0 Å². The quantitative estimate of drug-likeness (QED) is 0.844. The van der Waals surface area contributed by atoms with E-state index in [2.05, 4.69) is 0 Å². The van der Waals surface area contributed by atoms with Gasteiger partial charge in [0.15, 0.2) is 0 Å². The molecule has 0 unspecified atom stereocenters. The molecule has 104 valence electrons. The van der Waals surface area contributed by atoms with E-state index in [1.165, 1.54) is 6.07 Å². The molecule has 0 spiro atoms. The molecule has 0 fully saturated rings. The van der Waals surface area contributed by atoms with Crippen molar-refractivity contribution in [2.75, 3.05) is 6.79 Å². The molecule has 0 amide bonds. The summed E-state index contributed by atoms with van der Waals surface area (Å²) in [6.45, 7) is -0.152. The summed E-state index contributed by atoms with van der Waals surface area (Å²) in [5.41, 5.74) is 0.0697. The highest BCUT2D eigenvalue weighted by Gasteiger charge is 2.10. The Balaban J connectivity index is 2.01. The molecule has 4 nitrogen and oxygen atoms in total. The summed E-state index contributed by atoms with van der Waals surface area (Å²) in [4.78, 5) is 11.0. The van der Waals surface area contributed by atoms with Crippen LogP contribution < -0.4 is 9.47 Å². The zero-order valence-corrected chi connectivity index (χ0v) is 11.7. The number of halogens is 2. The standard InChI is InChI=1S/C14H10Cl2O4/c15-9-5-10(16)7-11(6-9)19-8-20-13-4-2-1-3-12(13)14(17)18/h1-7H,8H2,(H,17,18). The van der Waals surface area contributed by atoms with Gasteiger partial charge in [-0.25, -0.2) is 4.79 Å². The number of para-hydroxylation sites is 1. The number of ether oxygens (including phenoxy) is 2. The predicted octanol–water partition coefficient (Wildman–Crippen LogP) is 4.11. The lowest BCUT2D eigenvalue weighted by Gasteiger charge is -2.10. The molecule has 1 N–H and O–H groups in total. The van der Waals surface area contributed by atoms with E-state index in [1.807, 2.05) is 0 Å². The molecule has 0 saturated heterocycles. The number of benzene rings is 2. The van der Waals surface area contributed by atoms with Crippen LogP contribution in [0.5, 0.6) is 11.5 Å². The lowest BCUT2D eigenvalue weighted by Crippen LogP contribution is -2.09. The van der Waals surface area contributed by atoms with Crippen molar-refractivity contribution in [2.24, 2.45) is 0 Å². The van der Waals surface area contributed by atoms with Crippen LogP contribution in [0.3, 0.4) is 0 Å². The van der Waals surface area contributed by atoms with Crippen LogP contribution in [-0.2, 0) is 0 Å². The van der Waals surface area contributed by atoms with Crippen molar-refractivity contribution >= 4 is 29.2 Å². The second-order valence-electron chi connectivity index (χ2n) is 3.81. The summed E-state index contributed by atoms with van der Waals surface area (Å²) in [5.74, 6) is -0.394. The second-order valence-corrected chi connectivity index (χ2v) is 4.69. The van der Waals surface area contributed by atoms with Crippen molar-refractivity contribution in [3.8, 4) is 11.5 Å². The molecule has 0 atom stereocenters. The van der Waals surface area contributed by atoms with Gasteiger partial charge in [0, 0.05) is 10.0 Å². The van der Waals surface area contributed by atoms with Crippen molar-refractivity contribution in [2.45, 2.75) is 0 Å². The lowest BCUT2D eigenvalue weighted by molar-refractivity contribution is 0.0682. The first-order chi connectivity index (χ1) is 9.56. The molecule has 0 aliphatic carbocycles. The molecule has 2 aromatic carbocycles. The molecule has 0 aliphatic heterocycles. The van der Waals surface area contributed by atoms with Crippen LogP contribution in [0.25, 0.3) is 0 Å². The van der Waals surface area contributed by atoms with Gasteiger partial charge in [-0.2, -0.15) is 0 Å². The molecule has 0 radical (unpaired) electrons. The Labute approximate surface area is 125 Å². The van der Waals surface area contributed by atoms with Crippen molar-refractivity contribution in [1.29, 1.82) is 0 Å². The average molecular weight is 313 g/mol. The number of hydrogen-bond acceptors (Lipinski definition) is 3. The fraction of sp³-hybridized carbons (Fsp3) is 0.0714. The molecule has 0 aliphatic rings. The number of carbonyl (C=O) groups is 1. The van der Waals surface area contributed by atoms with Gasteiger partial charge in [-0.3, -0.25) is 0 Å². The molecule has 0 aromatic heterocycles. The molecular weight excluding hydrogens is 303 g/mol. The van der Waals surface area contributed by atoms with Crippen molar-refractivity contribution in [1.82, 2.24) is 0 Å². The fourth-order valence-electron chi connectivity index (χ4n) is 1.54. The highest BCUT2D eigenvalue weighted by molar-refractivity contribution is 6.34. The van der Waals surface area contributed by atoms with Gasteiger partial charge in [0.2, 0.25) is 6.79 Å². The molecule has 6 heteroatoms. The van der Waals surface area contributed by atoms with Gasteiger partial charge in [-0.05, 0) is 30.3 Å². The Morgan fingerprint density at radius 2 is 1.70 bits per heavy atom. The van der Waals surface area contributed by atoms with Gasteiger partial charge in [0.05, 0.1) is 0 Å². The SMILES string of the molecule is O=C(O)c1ccccc1OCOc1cc(Cl)cc(Cl)c1. The van der Waals surface area contributed by atoms with Crippen LogP contribution in [0.2, 0.25) is 10.0 Å². The minimum absolute atomic E-state index is 0.0697. The van der Waals surface area contributed by atoms with Gasteiger partial charge in [0.25, 0.3) is 0 Å². The van der Waals surface area contributed by atoms with Crippen molar-refractivity contribution in [3.05, 3.63) is 58.1 Å². The Bertz CT molecular complexity index is 608. The highest BCUT2D eigenvalue weighted by Crippen LogP contribution is 2.24. The first kappa shape index (κ1) is 14.5. The third-order valence-corrected chi connectivity index (χ3v) is 2.83. The van der Waals surface area contributed by atoms with E-state index in [0.29, 0.717) is 15.8 Å². The van der Waals surface area contributed by atoms with Gasteiger partial charge in [-0.1, -0.05) is 35.3 Å². The van der Waals surface area contributed by atoms with Gasteiger partial charge in [0.1, 0.15) is 17.1 Å². The smallest absolute Gasteiger partial charge is 0.339 e. The number of hydrogen-bond donors (Lipinski definition) is 1. The molecular formula is C14H10Cl2O4. The largest absolute Gasteiger partial charge is 0.478 e. The van der Waals surface area contributed by atoms with Crippen LogP contribution >= 0.6 is 23.2 Å². The zero-order chi connectivity index (χ0) is 14.5. The minimum atomic E-state index is -1.06. The monoisotopic (exact) mass is 312 g/mol. The van der Waals surface area contributed by atoms with E-state index >= 15 is 0 Å². The molecule has 2 rings (SSSR count). The third-order valence-electron chi connectivity index (χ3n) is 2.39. The maximum absolute atomic E-state index is 11.0. The third kappa shape index (κ3) is 3.79. The normalized spacial score (nSPS) is 10.1. The minimum Gasteiger partial charge on any atom is -0.478 e. The first-order valence-electron chi connectivity index (χ1n) is 5.60. The van der Waals surface area contributed by atoms with E-state index in [1.54, 1.807) is 36.4 Å². The molecule has 0 bridgehead atoms. The zero-order valence-electron chi connectivity index (χ0n) is 10.2. The van der Waals surface area contributed by atoms with Crippen molar-refractivity contribution in [3.63, 3.8) is 0 Å². The van der Waals surface area contributed by atoms with Crippen LogP contribution in [-0.4, -0.2) is 17.9 Å². The van der Waals surface area contributed by atoms with E-state index in [9.17, 15) is 4.79 Å². The summed E-state index contributed by atoms with van der Waals surface area (Å²) in [6.07, 6.45) is 0. The number of aromatic carboxylic acids is 1. The molecule has 0 heterocycles. The van der Waals surface area contributed by atoms with E-state index < -0.39 is 5.97 Å². The summed E-state index contributed by atoms with van der Waals surface area (Å²) in [6, 6.07) is 11.0. The van der Waals surface area contributed by atoms with Crippen molar-refractivity contribution < 1.29 is 19.4 Å². The van der Waals surface area contributed by atoms with E-state index in [4.69, 9.17) is 37.8 Å². The summed E-state index contributed by atoms with van der Waals surface area (Å²) in [5, 5.41) is 9.89. The molecule has 0 saturated carbocycles. The number of rotatable bonds is 5. The Morgan fingerprint density at radius 3 is 2.35 bits per heavy atom. The summed E-state index contributed by atoms with van der Waals surface area (Å²) in [7, 11) is 0. The van der Waals surface area contributed by atoms with Crippen LogP contribution in [0.4, 0.5) is 0 Å². The van der Waals surface area contributed by atoms with E-state index in [-0.39, 0.29) is 18.1 Å². The first-order valence-corrected chi connectivity index (χ1v) is 6.36. The summed E-state index contributed by atoms with van der Waals surface area (Å²) >= 11 is 11.7. The average Bonchev–Trinajstić information content (AvgIpc) is 2.38. The van der Waals surface area contributed by atoms with Crippen LogP contribution in [0.1, 0.15) is 10.4 Å². The molecule has 20 heavy (non-hydrogen) atoms.